The van der Waals surface area contributed by atoms with Crippen LogP contribution in [0.1, 0.15) is 20.3 Å². The first kappa shape index (κ1) is 22.6. The number of nitrogens with one attached hydrogen (secondary N) is 1. The van der Waals surface area contributed by atoms with Crippen LogP contribution in [0.3, 0.4) is 0 Å². The van der Waals surface area contributed by atoms with Crippen molar-refractivity contribution in [3.05, 3.63) is 62.9 Å². The van der Waals surface area contributed by atoms with E-state index in [0.717, 1.165) is 6.42 Å². The van der Waals surface area contributed by atoms with Crippen molar-refractivity contribution in [2.45, 2.75) is 32.0 Å². The number of aryl methyl sites for hydroxylation is 1. The minimum Gasteiger partial charge on any atom is -0.323 e. The summed E-state index contributed by atoms with van der Waals surface area (Å²) in [6, 6.07) is 12.4. The quantitative estimate of drug-likeness (QED) is 0.364. The highest BCUT2D eigenvalue weighted by atomic mass is 35.5. The number of halogens is 2. The smallest absolute Gasteiger partial charge is 0.262 e. The predicted molar refractivity (Wildman–Crippen MR) is 130 cm³/mol. The van der Waals surface area contributed by atoms with Crippen LogP contribution in [0, 0.1) is 5.92 Å². The summed E-state index contributed by atoms with van der Waals surface area (Å²) >= 11 is 13.5. The Bertz CT molecular complexity index is 1350. The lowest BCUT2D eigenvalue weighted by Crippen LogP contribution is -2.24. The fourth-order valence-corrected chi connectivity index (χ4v) is 4.57. The molecule has 2 aromatic heterocycles. The van der Waals surface area contributed by atoms with Gasteiger partial charge >= 0.3 is 0 Å². The van der Waals surface area contributed by atoms with Gasteiger partial charge in [0.1, 0.15) is 0 Å². The predicted octanol–water partition coefficient (Wildman–Crippen LogP) is 5.13. The maximum Gasteiger partial charge on any atom is 0.262 e. The van der Waals surface area contributed by atoms with Gasteiger partial charge in [0.2, 0.25) is 11.7 Å². The lowest BCUT2D eigenvalue weighted by atomic mass is 10.1. The van der Waals surface area contributed by atoms with E-state index in [1.165, 1.54) is 11.8 Å². The molecule has 2 aromatic carbocycles. The van der Waals surface area contributed by atoms with Crippen LogP contribution in [0.25, 0.3) is 16.7 Å². The lowest BCUT2D eigenvalue weighted by Gasteiger charge is -2.12. The zero-order chi connectivity index (χ0) is 22.8. The van der Waals surface area contributed by atoms with E-state index in [1.807, 2.05) is 22.6 Å². The van der Waals surface area contributed by atoms with Crippen molar-refractivity contribution < 1.29 is 4.79 Å². The van der Waals surface area contributed by atoms with Crippen LogP contribution >= 0.6 is 35.0 Å². The molecule has 32 heavy (non-hydrogen) atoms. The molecule has 4 rings (SSSR count). The number of rotatable bonds is 7. The summed E-state index contributed by atoms with van der Waals surface area (Å²) in [5, 5.41) is 13.1. The second-order valence-corrected chi connectivity index (χ2v) is 9.46. The van der Waals surface area contributed by atoms with E-state index in [9.17, 15) is 9.59 Å². The van der Waals surface area contributed by atoms with Crippen LogP contribution < -0.4 is 10.9 Å². The van der Waals surface area contributed by atoms with E-state index in [0.29, 0.717) is 50.0 Å². The normalized spacial score (nSPS) is 11.5. The van der Waals surface area contributed by atoms with Gasteiger partial charge in [-0.1, -0.05) is 67.0 Å². The number of fused-ring (bicyclic) bond motifs is 3. The van der Waals surface area contributed by atoms with Gasteiger partial charge in [-0.25, -0.2) is 0 Å². The Morgan fingerprint density at radius 3 is 2.53 bits per heavy atom. The minimum atomic E-state index is -0.279. The highest BCUT2D eigenvalue weighted by molar-refractivity contribution is 7.99. The molecule has 0 spiro atoms. The molecule has 166 valence electrons. The summed E-state index contributed by atoms with van der Waals surface area (Å²) in [5.41, 5.74) is 0.986. The van der Waals surface area contributed by atoms with E-state index in [4.69, 9.17) is 23.2 Å². The first-order chi connectivity index (χ1) is 15.4. The van der Waals surface area contributed by atoms with E-state index in [1.54, 1.807) is 28.8 Å². The topological polar surface area (TPSA) is 81.3 Å². The van der Waals surface area contributed by atoms with Crippen LogP contribution in [-0.2, 0) is 11.3 Å². The molecular weight excluding hydrogens is 469 g/mol. The summed E-state index contributed by atoms with van der Waals surface area (Å²) in [5.74, 6) is 0.693. The van der Waals surface area contributed by atoms with Crippen LogP contribution in [-0.4, -0.2) is 30.8 Å². The number of para-hydroxylation sites is 2. The van der Waals surface area contributed by atoms with E-state index in [-0.39, 0.29) is 17.2 Å². The molecule has 0 aliphatic rings. The molecule has 0 unspecified atom stereocenters. The van der Waals surface area contributed by atoms with Crippen molar-refractivity contribution in [2.75, 3.05) is 11.1 Å². The van der Waals surface area contributed by atoms with Gasteiger partial charge in [-0.3, -0.25) is 18.6 Å². The summed E-state index contributed by atoms with van der Waals surface area (Å²) in [7, 11) is 0. The summed E-state index contributed by atoms with van der Waals surface area (Å²) in [6.07, 6.45) is 0.838. The fraction of sp³-hybridized carbons (Fsp3) is 0.273. The Kier molecular flexibility index (Phi) is 6.74. The number of amides is 1. The van der Waals surface area contributed by atoms with Gasteiger partial charge in [0.25, 0.3) is 5.56 Å². The number of benzene rings is 2. The Balaban J connectivity index is 1.66. The summed E-state index contributed by atoms with van der Waals surface area (Å²) in [4.78, 5) is 25.6. The Morgan fingerprint density at radius 1 is 1.09 bits per heavy atom. The Hall–Kier alpha value is -2.55. The zero-order valence-corrected chi connectivity index (χ0v) is 19.8. The van der Waals surface area contributed by atoms with E-state index < -0.39 is 0 Å². The molecule has 10 heteroatoms. The lowest BCUT2D eigenvalue weighted by molar-refractivity contribution is -0.113. The molecule has 4 aromatic rings. The number of carbonyl (C=O) groups excluding carboxylic acids is 1. The average Bonchev–Trinajstić information content (AvgIpc) is 3.19. The van der Waals surface area contributed by atoms with Gasteiger partial charge in [-0.2, -0.15) is 0 Å². The highest BCUT2D eigenvalue weighted by Crippen LogP contribution is 2.30. The second-order valence-electron chi connectivity index (χ2n) is 7.71. The molecule has 0 atom stereocenters. The highest BCUT2D eigenvalue weighted by Gasteiger charge is 2.18. The Morgan fingerprint density at radius 2 is 1.81 bits per heavy atom. The van der Waals surface area contributed by atoms with Gasteiger partial charge < -0.3 is 5.32 Å². The SMILES string of the molecule is CC(C)CCn1c(=O)c2ccccc2n2c(SCC(=O)Nc3c(Cl)cccc3Cl)nnc12. The maximum atomic E-state index is 13.1. The maximum absolute atomic E-state index is 13.1. The van der Waals surface area contributed by atoms with Crippen molar-refractivity contribution in [3.8, 4) is 0 Å². The molecule has 0 fully saturated rings. The van der Waals surface area contributed by atoms with E-state index >= 15 is 0 Å². The zero-order valence-electron chi connectivity index (χ0n) is 17.5. The van der Waals surface area contributed by atoms with Crippen LogP contribution in [0.15, 0.2) is 52.4 Å². The number of nitrogens with zero attached hydrogens (tertiary/aromatic N) is 4. The number of hydrogen-bond acceptors (Lipinski definition) is 5. The summed E-state index contributed by atoms with van der Waals surface area (Å²) in [6.45, 7) is 4.76. The number of hydrogen-bond donors (Lipinski definition) is 1. The second kappa shape index (κ2) is 9.52. The third-order valence-electron chi connectivity index (χ3n) is 4.97. The molecule has 1 N–H and O–H groups in total. The number of thioether (sulfide) groups is 1. The third-order valence-corrected chi connectivity index (χ3v) is 6.53. The number of aromatic nitrogens is 4. The molecule has 0 saturated carbocycles. The van der Waals surface area contributed by atoms with Crippen molar-refractivity contribution in [1.82, 2.24) is 19.2 Å². The molecular formula is C22H21Cl2N5O2S. The van der Waals surface area contributed by atoms with Gasteiger partial charge in [0, 0.05) is 6.54 Å². The van der Waals surface area contributed by atoms with Crippen LogP contribution in [0.4, 0.5) is 5.69 Å². The van der Waals surface area contributed by atoms with Gasteiger partial charge in [-0.05, 0) is 36.6 Å². The van der Waals surface area contributed by atoms with Gasteiger partial charge in [0.05, 0.1) is 32.4 Å². The monoisotopic (exact) mass is 489 g/mol. The fourth-order valence-electron chi connectivity index (χ4n) is 3.34. The molecule has 7 nitrogen and oxygen atoms in total. The summed E-state index contributed by atoms with van der Waals surface area (Å²) < 4.78 is 3.49. The van der Waals surface area contributed by atoms with Gasteiger partial charge in [-0.15, -0.1) is 10.2 Å². The first-order valence-electron chi connectivity index (χ1n) is 10.1. The minimum absolute atomic E-state index is 0.0712. The Labute approximate surface area is 198 Å². The molecule has 0 aliphatic heterocycles. The molecule has 1 amide bonds. The molecule has 2 heterocycles. The standard InChI is InChI=1S/C22H21Cl2N5O2S/c1-13(2)10-11-28-20(31)14-6-3-4-9-17(14)29-21(28)26-27-22(29)32-12-18(30)25-19-15(23)7-5-8-16(19)24/h3-9,13H,10-12H2,1-2H3,(H,25,30). The van der Waals surface area contributed by atoms with E-state index in [2.05, 4.69) is 29.4 Å². The largest absolute Gasteiger partial charge is 0.323 e. The van der Waals surface area contributed by atoms with Crippen molar-refractivity contribution in [3.63, 3.8) is 0 Å². The third kappa shape index (κ3) is 4.48. The molecule has 0 radical (unpaired) electrons. The molecule has 0 bridgehead atoms. The molecule has 0 saturated heterocycles. The number of carbonyl (C=O) groups is 1. The van der Waals surface area contributed by atoms with Crippen molar-refractivity contribution in [1.29, 1.82) is 0 Å². The molecule has 0 aliphatic carbocycles. The van der Waals surface area contributed by atoms with Crippen molar-refractivity contribution in [2.24, 2.45) is 5.92 Å². The van der Waals surface area contributed by atoms with Crippen LogP contribution in [0.5, 0.6) is 0 Å². The van der Waals surface area contributed by atoms with Gasteiger partial charge in [0.15, 0.2) is 5.16 Å². The first-order valence-corrected chi connectivity index (χ1v) is 11.8. The van der Waals surface area contributed by atoms with Crippen LogP contribution in [0.2, 0.25) is 10.0 Å². The van der Waals surface area contributed by atoms with Crippen molar-refractivity contribution >= 4 is 63.2 Å². The number of anilines is 1. The average molecular weight is 490 g/mol.